The summed E-state index contributed by atoms with van der Waals surface area (Å²) >= 11 is 0. The monoisotopic (exact) mass is 260 g/mol. The molecular weight excluding hydrogens is 244 g/mol. The van der Waals surface area contributed by atoms with Gasteiger partial charge in [-0.3, -0.25) is 9.48 Å². The second-order valence-corrected chi connectivity index (χ2v) is 4.46. The van der Waals surface area contributed by atoms with Crippen LogP contribution in [0.4, 0.5) is 0 Å². The van der Waals surface area contributed by atoms with Gasteiger partial charge >= 0.3 is 0 Å². The van der Waals surface area contributed by atoms with Crippen LogP contribution in [0.5, 0.6) is 5.75 Å². The van der Waals surface area contributed by atoms with E-state index in [2.05, 4.69) is 15.4 Å². The van der Waals surface area contributed by atoms with Gasteiger partial charge in [-0.15, -0.1) is 0 Å². The van der Waals surface area contributed by atoms with Crippen molar-refractivity contribution in [2.45, 2.75) is 19.9 Å². The number of amides is 1. The maximum atomic E-state index is 11.8. The Bertz CT molecular complexity index is 562. The largest absolute Gasteiger partial charge is 0.506 e. The topological polar surface area (TPSA) is 80.0 Å². The summed E-state index contributed by atoms with van der Waals surface area (Å²) in [4.78, 5) is 15.7. The molecule has 1 amide bonds. The van der Waals surface area contributed by atoms with Gasteiger partial charge in [0.05, 0.1) is 18.4 Å². The number of aromatic hydroxyl groups is 1. The second kappa shape index (κ2) is 5.51. The molecule has 0 bridgehead atoms. The molecule has 2 aromatic rings. The number of carbonyl (C=O) groups is 1. The first-order valence-corrected chi connectivity index (χ1v) is 6.00. The smallest absolute Gasteiger partial charge is 0.269 e. The lowest BCUT2D eigenvalue weighted by Gasteiger charge is -2.13. The first-order chi connectivity index (χ1) is 9.06. The Hall–Kier alpha value is -2.37. The molecule has 0 aliphatic rings. The van der Waals surface area contributed by atoms with Gasteiger partial charge < -0.3 is 10.4 Å². The number of nitrogens with one attached hydrogen (secondary N) is 1. The molecule has 0 saturated heterocycles. The van der Waals surface area contributed by atoms with Crippen LogP contribution >= 0.6 is 0 Å². The molecule has 100 valence electrons. The van der Waals surface area contributed by atoms with Crippen molar-refractivity contribution in [1.29, 1.82) is 0 Å². The van der Waals surface area contributed by atoms with E-state index in [0.29, 0.717) is 6.54 Å². The summed E-state index contributed by atoms with van der Waals surface area (Å²) in [5.41, 5.74) is 1.36. The number of carbonyl (C=O) groups excluding carboxylic acids is 1. The summed E-state index contributed by atoms with van der Waals surface area (Å²) in [5, 5.41) is 16.1. The van der Waals surface area contributed by atoms with Crippen molar-refractivity contribution in [2.75, 3.05) is 6.54 Å². The van der Waals surface area contributed by atoms with Gasteiger partial charge in [0.2, 0.25) is 0 Å². The molecule has 6 nitrogen and oxygen atoms in total. The first-order valence-electron chi connectivity index (χ1n) is 6.00. The van der Waals surface area contributed by atoms with E-state index < -0.39 is 0 Å². The maximum Gasteiger partial charge on any atom is 0.269 e. The predicted octanol–water partition coefficient (Wildman–Crippen LogP) is 1.28. The molecule has 0 unspecified atom stereocenters. The van der Waals surface area contributed by atoms with E-state index >= 15 is 0 Å². The molecule has 0 aliphatic heterocycles. The number of hydrogen-bond donors (Lipinski definition) is 2. The Kier molecular flexibility index (Phi) is 3.79. The minimum atomic E-state index is -0.268. The molecule has 0 aromatic carbocycles. The third kappa shape index (κ3) is 3.31. The minimum absolute atomic E-state index is 0.0388. The van der Waals surface area contributed by atoms with Crippen LogP contribution < -0.4 is 5.32 Å². The Morgan fingerprint density at radius 1 is 1.47 bits per heavy atom. The van der Waals surface area contributed by atoms with Crippen molar-refractivity contribution >= 4 is 5.91 Å². The summed E-state index contributed by atoms with van der Waals surface area (Å²) in [6.45, 7) is 4.40. The summed E-state index contributed by atoms with van der Waals surface area (Å²) in [6.07, 6.45) is 4.95. The van der Waals surface area contributed by atoms with E-state index in [1.54, 1.807) is 10.9 Å². The summed E-state index contributed by atoms with van der Waals surface area (Å²) < 4.78 is 1.81. The first kappa shape index (κ1) is 13.1. The Morgan fingerprint density at radius 2 is 2.26 bits per heavy atom. The van der Waals surface area contributed by atoms with Crippen molar-refractivity contribution in [3.63, 3.8) is 0 Å². The van der Waals surface area contributed by atoms with Crippen LogP contribution in [0.2, 0.25) is 0 Å². The zero-order valence-electron chi connectivity index (χ0n) is 10.9. The van der Waals surface area contributed by atoms with Gasteiger partial charge in [0, 0.05) is 12.7 Å². The zero-order chi connectivity index (χ0) is 13.8. The van der Waals surface area contributed by atoms with Gasteiger partial charge in [0.15, 0.2) is 0 Å². The average Bonchev–Trinajstić information content (AvgIpc) is 2.83. The lowest BCUT2D eigenvalue weighted by atomic mass is 10.3. The summed E-state index contributed by atoms with van der Waals surface area (Å²) in [5.74, 6) is -0.229. The zero-order valence-corrected chi connectivity index (χ0v) is 10.9. The third-order valence-corrected chi connectivity index (χ3v) is 2.72. The van der Waals surface area contributed by atoms with E-state index in [4.69, 9.17) is 5.11 Å². The Labute approximate surface area is 111 Å². The number of nitrogens with zero attached hydrogens (tertiary/aromatic N) is 3. The molecule has 0 spiro atoms. The highest BCUT2D eigenvalue weighted by Crippen LogP contribution is 2.07. The highest BCUT2D eigenvalue weighted by atomic mass is 16.3. The average molecular weight is 260 g/mol. The second-order valence-electron chi connectivity index (χ2n) is 4.46. The van der Waals surface area contributed by atoms with Crippen LogP contribution in [0.25, 0.3) is 0 Å². The van der Waals surface area contributed by atoms with E-state index in [1.165, 1.54) is 18.3 Å². The fraction of sp³-hybridized carbons (Fsp3) is 0.308. The van der Waals surface area contributed by atoms with Gasteiger partial charge in [-0.05, 0) is 31.5 Å². The number of hydrogen-bond acceptors (Lipinski definition) is 4. The van der Waals surface area contributed by atoms with E-state index in [1.807, 2.05) is 20.0 Å². The van der Waals surface area contributed by atoms with Gasteiger partial charge in [-0.25, -0.2) is 4.98 Å². The molecule has 2 heterocycles. The lowest BCUT2D eigenvalue weighted by molar-refractivity contribution is 0.0943. The molecule has 6 heteroatoms. The quantitative estimate of drug-likeness (QED) is 0.868. The molecule has 2 rings (SSSR count). The number of rotatable bonds is 4. The highest BCUT2D eigenvalue weighted by Gasteiger charge is 2.10. The third-order valence-electron chi connectivity index (χ3n) is 2.72. The predicted molar refractivity (Wildman–Crippen MR) is 69.9 cm³/mol. The van der Waals surface area contributed by atoms with E-state index in [-0.39, 0.29) is 23.4 Å². The van der Waals surface area contributed by atoms with E-state index in [9.17, 15) is 4.79 Å². The van der Waals surface area contributed by atoms with Crippen LogP contribution in [0.15, 0.2) is 30.7 Å². The summed E-state index contributed by atoms with van der Waals surface area (Å²) in [7, 11) is 0. The molecule has 2 aromatic heterocycles. The molecule has 0 saturated carbocycles. The molecule has 19 heavy (non-hydrogen) atoms. The van der Waals surface area contributed by atoms with Crippen LogP contribution in [-0.4, -0.2) is 32.3 Å². The standard InChI is InChI=1S/C13H16N4O2/c1-9-5-16-17(8-9)10(2)6-15-13(19)12-4-3-11(18)7-14-12/h3-5,7-8,10,18H,6H2,1-2H3,(H,15,19)/t10-/m1/s1. The van der Waals surface area contributed by atoms with Crippen molar-refractivity contribution in [2.24, 2.45) is 0 Å². The highest BCUT2D eigenvalue weighted by molar-refractivity contribution is 5.92. The van der Waals surface area contributed by atoms with Crippen molar-refractivity contribution in [3.05, 3.63) is 42.0 Å². The number of aryl methyl sites for hydroxylation is 1. The number of pyridine rings is 1. The maximum absolute atomic E-state index is 11.8. The molecule has 0 radical (unpaired) electrons. The van der Waals surface area contributed by atoms with Gasteiger partial charge in [0.1, 0.15) is 11.4 Å². The van der Waals surface area contributed by atoms with Crippen LogP contribution in [0, 0.1) is 6.92 Å². The van der Waals surface area contributed by atoms with Gasteiger partial charge in [0.25, 0.3) is 5.91 Å². The SMILES string of the molecule is Cc1cnn([C@H](C)CNC(=O)c2ccc(O)cn2)c1. The lowest BCUT2D eigenvalue weighted by Crippen LogP contribution is -2.30. The normalized spacial score (nSPS) is 12.1. The molecular formula is C13H16N4O2. The van der Waals surface area contributed by atoms with Crippen LogP contribution in [0.1, 0.15) is 29.0 Å². The molecule has 0 fully saturated rings. The fourth-order valence-corrected chi connectivity index (χ4v) is 1.62. The van der Waals surface area contributed by atoms with Crippen molar-refractivity contribution in [3.8, 4) is 5.75 Å². The summed E-state index contributed by atoms with van der Waals surface area (Å²) in [6, 6.07) is 2.98. The van der Waals surface area contributed by atoms with Crippen LogP contribution in [0.3, 0.4) is 0 Å². The fourth-order valence-electron chi connectivity index (χ4n) is 1.62. The number of aromatic nitrogens is 3. The van der Waals surface area contributed by atoms with E-state index in [0.717, 1.165) is 5.56 Å². The van der Waals surface area contributed by atoms with Gasteiger partial charge in [-0.2, -0.15) is 5.10 Å². The molecule has 1 atom stereocenters. The Balaban J connectivity index is 1.91. The van der Waals surface area contributed by atoms with Crippen molar-refractivity contribution in [1.82, 2.24) is 20.1 Å². The van der Waals surface area contributed by atoms with Crippen molar-refractivity contribution < 1.29 is 9.90 Å². The molecule has 0 aliphatic carbocycles. The van der Waals surface area contributed by atoms with Crippen LogP contribution in [-0.2, 0) is 0 Å². The molecule has 2 N–H and O–H groups in total. The van der Waals surface area contributed by atoms with Gasteiger partial charge in [-0.1, -0.05) is 0 Å². The Morgan fingerprint density at radius 3 is 2.84 bits per heavy atom. The minimum Gasteiger partial charge on any atom is -0.506 e.